The zero-order valence-electron chi connectivity index (χ0n) is 35.9. The number of nitrogens with one attached hydrogen (secondary N) is 1. The zero-order valence-corrected chi connectivity index (χ0v) is 35.9. The number of para-hydroxylation sites is 1. The monoisotopic (exact) mass is 817 g/mol. The van der Waals surface area contributed by atoms with E-state index in [1.54, 1.807) is 39.3 Å². The van der Waals surface area contributed by atoms with Crippen LogP contribution in [0.5, 0.6) is 0 Å². The standard InChI is InChI=1S/C42H64FN5O10/c1-12-31-42(10)34(47(39(53)58-42)19-15-16-20-48-30-18-14-13-17-28(30)45-46-48)26(6)32(49)24(4)22-40(8,54-11)36(27(7)35(51)41(9,43)38(52)56-31)57-37-33(50)29(44-23(2)3)21-25(5)55-37/h13-14,17-18,23-27,29,31,33-34,36-37,44,50H,12,15-16,19-22H2,1-11H3/t24-,25-,26+,27+,29+,31-,33+,34?,36-,37+,40-,41+,42-/m1/s1. The molecular formula is C42H64FN5O10. The van der Waals surface area contributed by atoms with Crippen molar-refractivity contribution in [3.8, 4) is 0 Å². The highest BCUT2D eigenvalue weighted by molar-refractivity contribution is 6.08. The van der Waals surface area contributed by atoms with E-state index in [1.807, 2.05) is 45.0 Å². The first-order valence-electron chi connectivity index (χ1n) is 20.8. The molecule has 3 fully saturated rings. The molecule has 1 aromatic carbocycles. The van der Waals surface area contributed by atoms with Crippen LogP contribution in [0.4, 0.5) is 9.18 Å². The molecule has 2 N–H and O–H groups in total. The van der Waals surface area contributed by atoms with Crippen molar-refractivity contribution in [3.63, 3.8) is 0 Å². The van der Waals surface area contributed by atoms with Crippen molar-refractivity contribution in [1.29, 1.82) is 0 Å². The summed E-state index contributed by atoms with van der Waals surface area (Å²) in [4.78, 5) is 58.2. The van der Waals surface area contributed by atoms with Crippen molar-refractivity contribution in [2.45, 2.75) is 174 Å². The molecule has 1 aromatic heterocycles. The molecule has 16 heteroatoms. The van der Waals surface area contributed by atoms with Crippen LogP contribution in [0, 0.1) is 17.8 Å². The minimum Gasteiger partial charge on any atom is -0.455 e. The van der Waals surface area contributed by atoms with Gasteiger partial charge in [0.25, 0.3) is 5.67 Å². The van der Waals surface area contributed by atoms with Gasteiger partial charge in [0.1, 0.15) is 23.5 Å². The lowest BCUT2D eigenvalue weighted by Gasteiger charge is -2.47. The molecule has 5 rings (SSSR count). The number of methoxy groups -OCH3 is 1. The number of aromatic nitrogens is 3. The van der Waals surface area contributed by atoms with Crippen LogP contribution in [0.1, 0.15) is 101 Å². The molecule has 15 nitrogen and oxygen atoms in total. The number of aliphatic hydroxyl groups excluding tert-OH is 1. The number of carbonyl (C=O) groups is 4. The Kier molecular flexibility index (Phi) is 14.1. The van der Waals surface area contributed by atoms with Crippen LogP contribution >= 0.6 is 0 Å². The highest BCUT2D eigenvalue weighted by Crippen LogP contribution is 2.43. The van der Waals surface area contributed by atoms with E-state index in [-0.39, 0.29) is 37.3 Å². The summed E-state index contributed by atoms with van der Waals surface area (Å²) in [5, 5.41) is 23.3. The summed E-state index contributed by atoms with van der Waals surface area (Å²) in [6.07, 6.45) is -4.33. The Labute approximate surface area is 341 Å². The van der Waals surface area contributed by atoms with Crippen molar-refractivity contribution in [2.75, 3.05) is 13.7 Å². The van der Waals surface area contributed by atoms with E-state index < -0.39 is 89.2 Å². The number of nitrogens with zero attached hydrogens (tertiary/aromatic N) is 4. The average molecular weight is 818 g/mol. The minimum absolute atomic E-state index is 0.00421. The fourth-order valence-corrected chi connectivity index (χ4v) is 9.44. The van der Waals surface area contributed by atoms with Crippen LogP contribution in [0.25, 0.3) is 11.0 Å². The smallest absolute Gasteiger partial charge is 0.410 e. The van der Waals surface area contributed by atoms with E-state index >= 15 is 4.39 Å². The van der Waals surface area contributed by atoms with Crippen molar-refractivity contribution < 1.29 is 52.4 Å². The third kappa shape index (κ3) is 8.96. The number of fused-ring (bicyclic) bond motifs is 2. The highest BCUT2D eigenvalue weighted by Gasteiger charge is 2.61. The number of hydrogen-bond donors (Lipinski definition) is 2. The summed E-state index contributed by atoms with van der Waals surface area (Å²) in [6.45, 7) is 17.2. The lowest BCUT2D eigenvalue weighted by Crippen LogP contribution is -2.62. The van der Waals surface area contributed by atoms with Crippen LogP contribution in [0.15, 0.2) is 24.3 Å². The molecule has 0 radical (unpaired) electrons. The molecule has 13 atom stereocenters. The summed E-state index contributed by atoms with van der Waals surface area (Å²) in [6, 6.07) is 6.29. The lowest BCUT2D eigenvalue weighted by atomic mass is 9.73. The maximum atomic E-state index is 16.9. The summed E-state index contributed by atoms with van der Waals surface area (Å²) >= 11 is 0. The Balaban J connectivity index is 1.49. The number of Topliss-reactive ketones (excluding diaryl/α,β-unsaturated/α-hetero) is 2. The Morgan fingerprint density at radius 3 is 2.36 bits per heavy atom. The summed E-state index contributed by atoms with van der Waals surface area (Å²) in [5.41, 5.74) is -4.57. The molecule has 0 spiro atoms. The number of cyclic esters (lactones) is 1. The topological polar surface area (TPSA) is 181 Å². The summed E-state index contributed by atoms with van der Waals surface area (Å²) in [5.74, 6) is -5.80. The molecule has 0 bridgehead atoms. The molecule has 0 saturated carbocycles. The number of ether oxygens (including phenoxy) is 5. The second-order valence-corrected chi connectivity index (χ2v) is 17.5. The average Bonchev–Trinajstić information content (AvgIpc) is 3.70. The van der Waals surface area contributed by atoms with E-state index in [0.29, 0.717) is 25.8 Å². The molecule has 324 valence electrons. The third-order valence-electron chi connectivity index (χ3n) is 12.5. The first-order valence-corrected chi connectivity index (χ1v) is 20.8. The Morgan fingerprint density at radius 1 is 1.03 bits per heavy atom. The number of halogens is 1. The first kappa shape index (κ1) is 45.5. The van der Waals surface area contributed by atoms with E-state index in [0.717, 1.165) is 18.0 Å². The van der Waals surface area contributed by atoms with Gasteiger partial charge in [0.2, 0.25) is 0 Å². The van der Waals surface area contributed by atoms with Gasteiger partial charge in [-0.1, -0.05) is 58.9 Å². The maximum Gasteiger partial charge on any atom is 0.410 e. The Bertz CT molecular complexity index is 1790. The maximum absolute atomic E-state index is 16.9. The van der Waals surface area contributed by atoms with E-state index in [2.05, 4.69) is 15.6 Å². The molecule has 3 aliphatic heterocycles. The van der Waals surface area contributed by atoms with Gasteiger partial charge in [-0.15, -0.1) is 5.10 Å². The molecule has 3 aliphatic rings. The number of esters is 1. The van der Waals surface area contributed by atoms with Crippen LogP contribution in [0.2, 0.25) is 0 Å². The van der Waals surface area contributed by atoms with Gasteiger partial charge in [0.15, 0.2) is 17.7 Å². The molecule has 58 heavy (non-hydrogen) atoms. The third-order valence-corrected chi connectivity index (χ3v) is 12.5. The molecule has 1 amide bonds. The Hall–Kier alpha value is -3.57. The van der Waals surface area contributed by atoms with Gasteiger partial charge in [0, 0.05) is 50.0 Å². The van der Waals surface area contributed by atoms with Crippen LogP contribution in [-0.4, -0.2) is 128 Å². The van der Waals surface area contributed by atoms with E-state index in [9.17, 15) is 24.3 Å². The van der Waals surface area contributed by atoms with Crippen molar-refractivity contribution >= 4 is 34.7 Å². The Morgan fingerprint density at radius 2 is 1.71 bits per heavy atom. The van der Waals surface area contributed by atoms with Gasteiger partial charge in [0.05, 0.1) is 29.4 Å². The number of aryl methyl sites for hydroxylation is 1. The summed E-state index contributed by atoms with van der Waals surface area (Å²) < 4.78 is 49.3. The number of hydrogen-bond acceptors (Lipinski definition) is 13. The summed E-state index contributed by atoms with van der Waals surface area (Å²) in [7, 11) is 1.40. The molecule has 1 unspecified atom stereocenters. The normalized spacial score (nSPS) is 38.1. The second kappa shape index (κ2) is 18.0. The number of amides is 1. The number of alkyl halides is 1. The van der Waals surface area contributed by atoms with Gasteiger partial charge in [-0.05, 0) is 71.9 Å². The molecule has 3 saturated heterocycles. The lowest BCUT2D eigenvalue weighted by molar-refractivity contribution is -0.291. The highest BCUT2D eigenvalue weighted by atomic mass is 19.1. The predicted octanol–water partition coefficient (Wildman–Crippen LogP) is 4.94. The predicted molar refractivity (Wildman–Crippen MR) is 211 cm³/mol. The van der Waals surface area contributed by atoms with Gasteiger partial charge in [-0.3, -0.25) is 9.59 Å². The first-order chi connectivity index (χ1) is 27.2. The van der Waals surface area contributed by atoms with Crippen molar-refractivity contribution in [2.24, 2.45) is 17.8 Å². The number of benzene rings is 1. The SMILES string of the molecule is CC[C@H]1OC(=O)[C@@](C)(F)C(=O)[C@H](C)[C@@H](O[C@@H]2O[C@H](C)C[C@H](NC(C)C)[C@@H]2O)[C@](C)(OC)C[C@@H](C)C(=O)[C@H](C)C2N(CCCCn3nnc4ccccc43)C(=O)O[C@@]21C. The number of rotatable bonds is 11. The molecular weight excluding hydrogens is 753 g/mol. The molecule has 0 aliphatic carbocycles. The van der Waals surface area contributed by atoms with Crippen LogP contribution in [-0.2, 0) is 44.6 Å². The van der Waals surface area contributed by atoms with E-state index in [4.69, 9.17) is 23.7 Å². The van der Waals surface area contributed by atoms with Crippen LogP contribution in [0.3, 0.4) is 0 Å². The quantitative estimate of drug-likeness (QED) is 0.177. The number of ketones is 2. The van der Waals surface area contributed by atoms with Crippen molar-refractivity contribution in [3.05, 3.63) is 24.3 Å². The van der Waals surface area contributed by atoms with Gasteiger partial charge < -0.3 is 39.0 Å². The van der Waals surface area contributed by atoms with E-state index in [1.165, 1.54) is 18.9 Å². The number of aliphatic hydroxyl groups is 1. The fourth-order valence-electron chi connectivity index (χ4n) is 9.44. The second-order valence-electron chi connectivity index (χ2n) is 17.5. The fraction of sp³-hybridized carbons (Fsp3) is 0.762. The molecule has 2 aromatic rings. The minimum atomic E-state index is -3.18. The van der Waals surface area contributed by atoms with Gasteiger partial charge >= 0.3 is 12.1 Å². The largest absolute Gasteiger partial charge is 0.455 e. The molecule has 4 heterocycles. The van der Waals surface area contributed by atoms with Crippen LogP contribution < -0.4 is 5.32 Å². The van der Waals surface area contributed by atoms with Gasteiger partial charge in [-0.2, -0.15) is 0 Å². The van der Waals surface area contributed by atoms with Crippen molar-refractivity contribution in [1.82, 2.24) is 25.2 Å². The van der Waals surface area contributed by atoms with Gasteiger partial charge in [-0.25, -0.2) is 18.7 Å². The number of unbranched alkanes of at least 4 members (excludes halogenated alkanes) is 1. The number of carbonyl (C=O) groups excluding carboxylic acids is 4. The zero-order chi connectivity index (χ0) is 42.9.